The number of benzene rings is 2. The minimum absolute atomic E-state index is 0.112. The number of hydrogen-bond donors (Lipinski definition) is 2. The zero-order chi connectivity index (χ0) is 25.8. The molecule has 2 N–H and O–H groups in total. The molecule has 0 atom stereocenters. The first-order chi connectivity index (χ1) is 16.7. The fraction of sp³-hybridized carbons (Fsp3) is 0.500. The number of aryl methyl sites for hydroxylation is 2. The van der Waals surface area contributed by atoms with Crippen LogP contribution in [0.3, 0.4) is 0 Å². The summed E-state index contributed by atoms with van der Waals surface area (Å²) in [5, 5.41) is 6.23. The molecule has 1 amide bonds. The Morgan fingerprint density at radius 2 is 1.69 bits per heavy atom. The predicted molar refractivity (Wildman–Crippen MR) is 145 cm³/mol. The molecule has 192 valence electrons. The lowest BCUT2D eigenvalue weighted by Gasteiger charge is -2.24. The van der Waals surface area contributed by atoms with E-state index >= 15 is 0 Å². The topological polar surface area (TPSA) is 68.8 Å². The predicted octanol–water partition coefficient (Wildman–Crippen LogP) is 5.87. The largest absolute Gasteiger partial charge is 0.493 e. The minimum atomic E-state index is -0.572. The summed E-state index contributed by atoms with van der Waals surface area (Å²) in [4.78, 5) is 12.8. The highest BCUT2D eigenvalue weighted by molar-refractivity contribution is 7.80. The molecule has 0 heterocycles. The summed E-state index contributed by atoms with van der Waals surface area (Å²) in [6.45, 7) is 11.7. The van der Waals surface area contributed by atoms with Gasteiger partial charge in [-0.15, -0.1) is 0 Å². The number of carbonyl (C=O) groups is 1. The van der Waals surface area contributed by atoms with Gasteiger partial charge in [0.15, 0.2) is 16.6 Å². The normalized spacial score (nSPS) is 11.0. The third-order valence-electron chi connectivity index (χ3n) is 5.83. The van der Waals surface area contributed by atoms with Crippen LogP contribution in [-0.2, 0) is 11.3 Å². The van der Waals surface area contributed by atoms with Gasteiger partial charge in [-0.3, -0.25) is 4.79 Å². The van der Waals surface area contributed by atoms with Crippen LogP contribution in [0, 0.1) is 19.3 Å². The Kier molecular flexibility index (Phi) is 11.3. The molecular formula is C28H40N2O4S. The van der Waals surface area contributed by atoms with Crippen molar-refractivity contribution in [1.82, 2.24) is 10.6 Å². The minimum Gasteiger partial charge on any atom is -0.493 e. The Bertz CT molecular complexity index is 991. The van der Waals surface area contributed by atoms with Crippen LogP contribution in [0.4, 0.5) is 0 Å². The van der Waals surface area contributed by atoms with E-state index in [1.54, 1.807) is 7.11 Å². The summed E-state index contributed by atoms with van der Waals surface area (Å²) in [5.41, 5.74) is 2.68. The number of nitrogens with one attached hydrogen (secondary N) is 2. The average molecular weight is 501 g/mol. The van der Waals surface area contributed by atoms with Gasteiger partial charge >= 0.3 is 0 Å². The summed E-state index contributed by atoms with van der Waals surface area (Å²) in [6.07, 6.45) is 3.52. The monoisotopic (exact) mass is 500 g/mol. The van der Waals surface area contributed by atoms with Gasteiger partial charge in [-0.2, -0.15) is 0 Å². The number of thiocarbonyl (C=S) groups is 1. The van der Waals surface area contributed by atoms with Crippen LogP contribution in [0.2, 0.25) is 0 Å². The van der Waals surface area contributed by atoms with Crippen LogP contribution >= 0.6 is 12.2 Å². The first-order valence-electron chi connectivity index (χ1n) is 12.3. The van der Waals surface area contributed by atoms with E-state index < -0.39 is 5.41 Å². The zero-order valence-corrected chi connectivity index (χ0v) is 22.8. The standard InChI is InChI=1S/C28H40N2O4S/c1-7-8-15-33-23-13-12-22(18-25(23)32-6)19-29-27(35)30-26(31)28(4,5)14-9-16-34-24-17-20(2)10-11-21(24)3/h10-13,17-18H,7-9,14-16,19H2,1-6H3,(H2,29,30,31,35). The van der Waals surface area contributed by atoms with E-state index in [9.17, 15) is 4.79 Å². The highest BCUT2D eigenvalue weighted by Crippen LogP contribution is 2.28. The summed E-state index contributed by atoms with van der Waals surface area (Å²) in [6, 6.07) is 11.9. The number of carbonyl (C=O) groups excluding carboxylic acids is 1. The van der Waals surface area contributed by atoms with Gasteiger partial charge in [0.25, 0.3) is 0 Å². The Morgan fingerprint density at radius 1 is 0.971 bits per heavy atom. The van der Waals surface area contributed by atoms with Gasteiger partial charge in [0.1, 0.15) is 5.75 Å². The van der Waals surface area contributed by atoms with Crippen molar-refractivity contribution in [3.05, 3.63) is 53.1 Å². The number of amides is 1. The molecular weight excluding hydrogens is 460 g/mol. The molecule has 0 saturated carbocycles. The molecule has 2 aromatic rings. The van der Waals surface area contributed by atoms with Gasteiger partial charge in [-0.05, 0) is 80.2 Å². The molecule has 0 saturated heterocycles. The van der Waals surface area contributed by atoms with Crippen molar-refractivity contribution in [2.45, 2.75) is 66.8 Å². The van der Waals surface area contributed by atoms with Crippen molar-refractivity contribution >= 4 is 23.2 Å². The number of ether oxygens (including phenoxy) is 3. The van der Waals surface area contributed by atoms with Crippen LogP contribution in [-0.4, -0.2) is 31.3 Å². The fourth-order valence-corrected chi connectivity index (χ4v) is 3.60. The van der Waals surface area contributed by atoms with E-state index in [4.69, 9.17) is 26.4 Å². The number of hydrogen-bond acceptors (Lipinski definition) is 5. The summed E-state index contributed by atoms with van der Waals surface area (Å²) < 4.78 is 17.2. The maximum Gasteiger partial charge on any atom is 0.231 e. The van der Waals surface area contributed by atoms with E-state index in [-0.39, 0.29) is 5.91 Å². The van der Waals surface area contributed by atoms with E-state index in [0.717, 1.165) is 41.9 Å². The Labute approximate surface area is 215 Å². The molecule has 2 aromatic carbocycles. The number of rotatable bonds is 13. The van der Waals surface area contributed by atoms with Crippen LogP contribution in [0.1, 0.15) is 63.1 Å². The number of methoxy groups -OCH3 is 1. The summed E-state index contributed by atoms with van der Waals surface area (Å²) >= 11 is 5.36. The fourth-order valence-electron chi connectivity index (χ4n) is 3.44. The van der Waals surface area contributed by atoms with E-state index in [1.165, 1.54) is 5.56 Å². The lowest BCUT2D eigenvalue weighted by Crippen LogP contribution is -2.45. The third kappa shape index (κ3) is 9.40. The van der Waals surface area contributed by atoms with Crippen molar-refractivity contribution in [3.63, 3.8) is 0 Å². The van der Waals surface area contributed by atoms with Gasteiger partial charge in [-0.1, -0.05) is 45.4 Å². The van der Waals surface area contributed by atoms with Gasteiger partial charge in [-0.25, -0.2) is 0 Å². The Hall–Kier alpha value is -2.80. The van der Waals surface area contributed by atoms with Gasteiger partial charge in [0.05, 0.1) is 20.3 Å². The third-order valence-corrected chi connectivity index (χ3v) is 6.07. The van der Waals surface area contributed by atoms with Crippen LogP contribution in [0.25, 0.3) is 0 Å². The molecule has 0 fully saturated rings. The second kappa shape index (κ2) is 13.9. The van der Waals surface area contributed by atoms with E-state index in [0.29, 0.717) is 37.0 Å². The maximum atomic E-state index is 12.8. The molecule has 35 heavy (non-hydrogen) atoms. The molecule has 6 nitrogen and oxygen atoms in total. The molecule has 2 rings (SSSR count). The maximum absolute atomic E-state index is 12.8. The van der Waals surface area contributed by atoms with Crippen LogP contribution < -0.4 is 24.8 Å². The van der Waals surface area contributed by atoms with Crippen LogP contribution in [0.15, 0.2) is 36.4 Å². The highest BCUT2D eigenvalue weighted by Gasteiger charge is 2.27. The van der Waals surface area contributed by atoms with Crippen LogP contribution in [0.5, 0.6) is 17.2 Å². The first-order valence-corrected chi connectivity index (χ1v) is 12.7. The SMILES string of the molecule is CCCCOc1ccc(CNC(=S)NC(=O)C(C)(C)CCCOc2cc(C)ccc2C)cc1OC. The van der Waals surface area contributed by atoms with Crippen molar-refractivity contribution < 1.29 is 19.0 Å². The van der Waals surface area contributed by atoms with Gasteiger partial charge in [0.2, 0.25) is 5.91 Å². The van der Waals surface area contributed by atoms with Crippen molar-refractivity contribution in [3.8, 4) is 17.2 Å². The smallest absolute Gasteiger partial charge is 0.231 e. The summed E-state index contributed by atoms with van der Waals surface area (Å²) in [5.74, 6) is 2.19. The molecule has 0 aliphatic heterocycles. The van der Waals surface area contributed by atoms with Gasteiger partial charge in [0, 0.05) is 12.0 Å². The molecule has 7 heteroatoms. The zero-order valence-electron chi connectivity index (χ0n) is 22.0. The molecule has 0 unspecified atom stereocenters. The summed E-state index contributed by atoms with van der Waals surface area (Å²) in [7, 11) is 1.62. The van der Waals surface area contributed by atoms with Crippen molar-refractivity contribution in [2.75, 3.05) is 20.3 Å². The second-order valence-corrected chi connectivity index (χ2v) is 9.84. The van der Waals surface area contributed by atoms with Crippen molar-refractivity contribution in [2.24, 2.45) is 5.41 Å². The van der Waals surface area contributed by atoms with Gasteiger partial charge < -0.3 is 24.8 Å². The van der Waals surface area contributed by atoms with E-state index in [2.05, 4.69) is 29.7 Å². The van der Waals surface area contributed by atoms with E-state index in [1.807, 2.05) is 52.0 Å². The molecule has 0 spiro atoms. The molecule has 0 aliphatic carbocycles. The Balaban J connectivity index is 1.78. The molecule has 0 aliphatic rings. The Morgan fingerprint density at radius 3 is 2.40 bits per heavy atom. The molecule has 0 aromatic heterocycles. The second-order valence-electron chi connectivity index (χ2n) is 9.43. The molecule has 0 bridgehead atoms. The number of unbranched alkanes of at least 4 members (excludes halogenated alkanes) is 1. The average Bonchev–Trinajstić information content (AvgIpc) is 2.83. The highest BCUT2D eigenvalue weighted by atomic mass is 32.1. The lowest BCUT2D eigenvalue weighted by atomic mass is 9.87. The lowest BCUT2D eigenvalue weighted by molar-refractivity contribution is -0.128. The van der Waals surface area contributed by atoms with Crippen molar-refractivity contribution in [1.29, 1.82) is 0 Å². The quantitative estimate of drug-likeness (QED) is 0.265. The first kappa shape index (κ1) is 28.4. The molecule has 0 radical (unpaired) electrons.